The molecule has 1 aliphatic rings. The lowest BCUT2D eigenvalue weighted by molar-refractivity contribution is -0.113. The molecule has 0 saturated carbocycles. The number of halogens is 2. The molecule has 0 fully saturated rings. The molecule has 3 aromatic rings. The van der Waals surface area contributed by atoms with Gasteiger partial charge in [0, 0.05) is 15.6 Å². The van der Waals surface area contributed by atoms with Gasteiger partial charge in [-0.1, -0.05) is 77.3 Å². The highest BCUT2D eigenvalue weighted by molar-refractivity contribution is 6.36. The Morgan fingerprint density at radius 2 is 1.57 bits per heavy atom. The molecule has 0 N–H and O–H groups in total. The summed E-state index contributed by atoms with van der Waals surface area (Å²) in [6.07, 6.45) is 1.71. The van der Waals surface area contributed by atoms with Crippen molar-refractivity contribution in [2.24, 2.45) is 4.99 Å². The number of rotatable bonds is 3. The Labute approximate surface area is 186 Å². The van der Waals surface area contributed by atoms with Gasteiger partial charge in [-0.2, -0.15) is 0 Å². The van der Waals surface area contributed by atoms with Gasteiger partial charge < -0.3 is 0 Å². The highest BCUT2D eigenvalue weighted by Crippen LogP contribution is 2.34. The van der Waals surface area contributed by atoms with Crippen LogP contribution < -0.4 is 4.90 Å². The summed E-state index contributed by atoms with van der Waals surface area (Å²) >= 11 is 12.3. The summed E-state index contributed by atoms with van der Waals surface area (Å²) < 4.78 is 0. The topological polar surface area (TPSA) is 32.7 Å². The highest BCUT2D eigenvalue weighted by atomic mass is 35.5. The molecular weight excluding hydrogens is 415 g/mol. The van der Waals surface area contributed by atoms with Crippen LogP contribution in [0.25, 0.3) is 6.08 Å². The van der Waals surface area contributed by atoms with E-state index in [1.54, 1.807) is 29.2 Å². The lowest BCUT2D eigenvalue weighted by atomic mass is 10.0. The standard InChI is InChI=1S/C25H20Cl2N2O/c1-15-11-16(2)23(17(3)12-15)29-24(18-7-5-4-6-8-18)28-22(25(29)30)13-19-9-10-20(26)14-21(19)27/h4-14H,1-3H3/b22-13+. The number of benzene rings is 3. The van der Waals surface area contributed by atoms with Gasteiger partial charge in [0.25, 0.3) is 5.91 Å². The Balaban J connectivity index is 1.89. The molecule has 3 aromatic carbocycles. The number of aliphatic imine (C=N–C) groups is 1. The van der Waals surface area contributed by atoms with E-state index in [4.69, 9.17) is 28.2 Å². The number of amidine groups is 1. The maximum atomic E-state index is 13.5. The second-order valence-electron chi connectivity index (χ2n) is 7.38. The van der Waals surface area contributed by atoms with Gasteiger partial charge in [0.15, 0.2) is 0 Å². The van der Waals surface area contributed by atoms with E-state index in [0.29, 0.717) is 27.1 Å². The molecule has 1 heterocycles. The molecule has 5 heteroatoms. The van der Waals surface area contributed by atoms with E-state index in [1.165, 1.54) is 0 Å². The van der Waals surface area contributed by atoms with Crippen molar-refractivity contribution < 1.29 is 4.79 Å². The van der Waals surface area contributed by atoms with Crippen molar-refractivity contribution in [2.75, 3.05) is 4.90 Å². The molecule has 0 radical (unpaired) electrons. The van der Waals surface area contributed by atoms with Crippen LogP contribution in [0.2, 0.25) is 10.0 Å². The second kappa shape index (κ2) is 8.10. The molecule has 0 bridgehead atoms. The minimum absolute atomic E-state index is 0.185. The molecule has 4 rings (SSSR count). The number of nitrogens with zero attached hydrogens (tertiary/aromatic N) is 2. The van der Waals surface area contributed by atoms with Crippen LogP contribution in [0.5, 0.6) is 0 Å². The summed E-state index contributed by atoms with van der Waals surface area (Å²) in [4.78, 5) is 20.0. The fraction of sp³-hybridized carbons (Fsp3) is 0.120. The quantitative estimate of drug-likeness (QED) is 0.419. The monoisotopic (exact) mass is 434 g/mol. The maximum absolute atomic E-state index is 13.5. The van der Waals surface area contributed by atoms with E-state index in [0.717, 1.165) is 27.9 Å². The van der Waals surface area contributed by atoms with Crippen molar-refractivity contribution >= 4 is 46.7 Å². The Hall–Kier alpha value is -2.88. The molecular formula is C25H20Cl2N2O. The Kier molecular flexibility index (Phi) is 5.50. The van der Waals surface area contributed by atoms with Crippen LogP contribution in [0, 0.1) is 20.8 Å². The van der Waals surface area contributed by atoms with Crippen molar-refractivity contribution in [3.05, 3.63) is 104 Å². The van der Waals surface area contributed by atoms with Crippen LogP contribution >= 0.6 is 23.2 Å². The van der Waals surface area contributed by atoms with Crippen LogP contribution in [0.3, 0.4) is 0 Å². The molecule has 0 aliphatic carbocycles. The Morgan fingerprint density at radius 1 is 0.900 bits per heavy atom. The van der Waals surface area contributed by atoms with Crippen molar-refractivity contribution in [3.8, 4) is 0 Å². The molecule has 0 spiro atoms. The summed E-state index contributed by atoms with van der Waals surface area (Å²) in [6, 6.07) is 19.1. The average Bonchev–Trinajstić information content (AvgIpc) is 3.00. The Bertz CT molecular complexity index is 1190. The van der Waals surface area contributed by atoms with Crippen molar-refractivity contribution in [1.82, 2.24) is 0 Å². The first-order valence-electron chi connectivity index (χ1n) is 9.58. The number of hydrogen-bond acceptors (Lipinski definition) is 2. The first kappa shape index (κ1) is 20.4. The van der Waals surface area contributed by atoms with Crippen molar-refractivity contribution in [3.63, 3.8) is 0 Å². The normalized spacial score (nSPS) is 15.1. The fourth-order valence-electron chi connectivity index (χ4n) is 3.80. The average molecular weight is 435 g/mol. The van der Waals surface area contributed by atoms with E-state index < -0.39 is 0 Å². The molecule has 1 amide bonds. The van der Waals surface area contributed by atoms with Gasteiger partial charge in [0.1, 0.15) is 11.5 Å². The summed E-state index contributed by atoms with van der Waals surface area (Å²) in [5.74, 6) is 0.418. The summed E-state index contributed by atoms with van der Waals surface area (Å²) in [7, 11) is 0. The van der Waals surface area contributed by atoms with E-state index in [-0.39, 0.29) is 5.91 Å². The van der Waals surface area contributed by atoms with Crippen LogP contribution in [-0.2, 0) is 4.79 Å². The number of anilines is 1. The zero-order chi connectivity index (χ0) is 21.4. The van der Waals surface area contributed by atoms with Gasteiger partial charge in [0.05, 0.1) is 5.69 Å². The predicted octanol–water partition coefficient (Wildman–Crippen LogP) is 6.75. The van der Waals surface area contributed by atoms with Gasteiger partial charge in [0.2, 0.25) is 0 Å². The number of carbonyl (C=O) groups excluding carboxylic acids is 1. The lowest BCUT2D eigenvalue weighted by Crippen LogP contribution is -2.34. The Morgan fingerprint density at radius 3 is 2.20 bits per heavy atom. The summed E-state index contributed by atoms with van der Waals surface area (Å²) in [5, 5.41) is 1.02. The zero-order valence-electron chi connectivity index (χ0n) is 16.9. The van der Waals surface area contributed by atoms with Gasteiger partial charge in [-0.3, -0.25) is 9.69 Å². The maximum Gasteiger partial charge on any atom is 0.282 e. The molecule has 30 heavy (non-hydrogen) atoms. The van der Waals surface area contributed by atoms with Crippen molar-refractivity contribution in [1.29, 1.82) is 0 Å². The van der Waals surface area contributed by atoms with Crippen LogP contribution in [0.4, 0.5) is 5.69 Å². The van der Waals surface area contributed by atoms with E-state index in [9.17, 15) is 4.79 Å². The SMILES string of the molecule is Cc1cc(C)c(N2C(=O)/C(=C\c3ccc(Cl)cc3Cl)N=C2c2ccccc2)c(C)c1. The van der Waals surface area contributed by atoms with Crippen LogP contribution in [0.1, 0.15) is 27.8 Å². The van der Waals surface area contributed by atoms with Crippen molar-refractivity contribution in [2.45, 2.75) is 20.8 Å². The predicted molar refractivity (Wildman–Crippen MR) is 126 cm³/mol. The minimum Gasteiger partial charge on any atom is -0.266 e. The lowest BCUT2D eigenvalue weighted by Gasteiger charge is -2.23. The van der Waals surface area contributed by atoms with Gasteiger partial charge in [-0.25, -0.2) is 4.99 Å². The summed E-state index contributed by atoms with van der Waals surface area (Å²) in [5.41, 5.74) is 5.96. The van der Waals surface area contributed by atoms with Crippen LogP contribution in [0.15, 0.2) is 71.4 Å². The summed E-state index contributed by atoms with van der Waals surface area (Å²) in [6.45, 7) is 6.08. The van der Waals surface area contributed by atoms with E-state index in [1.807, 2.05) is 44.2 Å². The van der Waals surface area contributed by atoms with E-state index >= 15 is 0 Å². The van der Waals surface area contributed by atoms with Gasteiger partial charge in [-0.15, -0.1) is 0 Å². The zero-order valence-corrected chi connectivity index (χ0v) is 18.4. The van der Waals surface area contributed by atoms with Gasteiger partial charge in [-0.05, 0) is 55.7 Å². The molecule has 0 atom stereocenters. The molecule has 150 valence electrons. The minimum atomic E-state index is -0.185. The second-order valence-corrected chi connectivity index (χ2v) is 8.23. The molecule has 0 aromatic heterocycles. The third-order valence-corrected chi connectivity index (χ3v) is 5.57. The molecule has 0 saturated heterocycles. The highest BCUT2D eigenvalue weighted by Gasteiger charge is 2.34. The number of amides is 1. The number of hydrogen-bond donors (Lipinski definition) is 0. The van der Waals surface area contributed by atoms with Gasteiger partial charge >= 0.3 is 0 Å². The first-order valence-corrected chi connectivity index (χ1v) is 10.3. The number of carbonyl (C=O) groups is 1. The first-order chi connectivity index (χ1) is 14.3. The third-order valence-electron chi connectivity index (χ3n) is 5.01. The number of aryl methyl sites for hydroxylation is 3. The third kappa shape index (κ3) is 3.79. The smallest absolute Gasteiger partial charge is 0.266 e. The largest absolute Gasteiger partial charge is 0.282 e. The van der Waals surface area contributed by atoms with Crippen LogP contribution in [-0.4, -0.2) is 11.7 Å². The van der Waals surface area contributed by atoms with E-state index in [2.05, 4.69) is 19.1 Å². The molecule has 0 unspecified atom stereocenters. The fourth-order valence-corrected chi connectivity index (χ4v) is 4.26. The molecule has 3 nitrogen and oxygen atoms in total. The molecule has 1 aliphatic heterocycles.